The van der Waals surface area contributed by atoms with E-state index in [-0.39, 0.29) is 27.6 Å². The summed E-state index contributed by atoms with van der Waals surface area (Å²) in [4.78, 5) is 23.3. The Hall–Kier alpha value is -1.80. The fraction of sp³-hybridized carbons (Fsp3) is 0. The molecule has 7 heteroatoms. The van der Waals surface area contributed by atoms with Crippen LogP contribution in [0.4, 0.5) is 5.69 Å². The number of hydrogen-bond acceptors (Lipinski definition) is 3. The number of carbonyl (C=O) groups excluding carboxylic acids is 1. The molecule has 5 nitrogen and oxygen atoms in total. The van der Waals surface area contributed by atoms with Crippen LogP contribution in [0.1, 0.15) is 20.7 Å². The van der Waals surface area contributed by atoms with Gasteiger partial charge in [-0.1, -0.05) is 17.7 Å². The maximum Gasteiger partial charge on any atom is 0.337 e. The second-order valence-corrected chi connectivity index (χ2v) is 5.74. The number of carboxylic acids is 1. The molecule has 2 aromatic carbocycles. The first kappa shape index (κ1) is 15.6. The molecule has 0 atom stereocenters. The first-order chi connectivity index (χ1) is 9.90. The maximum absolute atomic E-state index is 12.2. The van der Waals surface area contributed by atoms with Crippen LogP contribution in [0.2, 0.25) is 5.02 Å². The molecule has 3 N–H and O–H groups in total. The third-order valence-electron chi connectivity index (χ3n) is 2.69. The molecule has 0 bridgehead atoms. The van der Waals surface area contributed by atoms with Gasteiger partial charge in [0.25, 0.3) is 5.91 Å². The van der Waals surface area contributed by atoms with Gasteiger partial charge in [0.1, 0.15) is 5.75 Å². The van der Waals surface area contributed by atoms with Gasteiger partial charge in [-0.25, -0.2) is 4.79 Å². The van der Waals surface area contributed by atoms with Crippen molar-refractivity contribution in [3.8, 4) is 5.75 Å². The number of aromatic carboxylic acids is 1. The van der Waals surface area contributed by atoms with E-state index in [4.69, 9.17) is 16.7 Å². The van der Waals surface area contributed by atoms with E-state index in [1.165, 1.54) is 30.3 Å². The van der Waals surface area contributed by atoms with Gasteiger partial charge in [-0.3, -0.25) is 4.79 Å². The number of hydrogen-bond donors (Lipinski definition) is 3. The van der Waals surface area contributed by atoms with Gasteiger partial charge in [0, 0.05) is 3.57 Å². The normalized spacial score (nSPS) is 10.2. The Labute approximate surface area is 138 Å². The van der Waals surface area contributed by atoms with E-state index >= 15 is 0 Å². The molecule has 0 aliphatic rings. The second-order valence-electron chi connectivity index (χ2n) is 4.08. The number of phenols is 1. The topological polar surface area (TPSA) is 86.6 Å². The minimum atomic E-state index is -1.21. The van der Waals surface area contributed by atoms with Gasteiger partial charge in [-0.05, 0) is 52.9 Å². The molecule has 0 saturated heterocycles. The Morgan fingerprint density at radius 1 is 1.14 bits per heavy atom. The van der Waals surface area contributed by atoms with Crippen molar-refractivity contribution in [2.75, 3.05) is 5.32 Å². The first-order valence-corrected chi connectivity index (χ1v) is 7.17. The van der Waals surface area contributed by atoms with Gasteiger partial charge < -0.3 is 15.5 Å². The number of rotatable bonds is 3. The van der Waals surface area contributed by atoms with Crippen LogP contribution in [0, 0.1) is 3.57 Å². The molecule has 0 heterocycles. The number of phenolic OH excluding ortho intramolecular Hbond substituents is 1. The number of carboxylic acid groups (broad SMARTS) is 1. The average Bonchev–Trinajstić information content (AvgIpc) is 2.43. The van der Waals surface area contributed by atoms with Crippen LogP contribution < -0.4 is 5.32 Å². The van der Waals surface area contributed by atoms with Crippen molar-refractivity contribution in [1.82, 2.24) is 0 Å². The molecule has 2 rings (SSSR count). The van der Waals surface area contributed by atoms with Crippen molar-refractivity contribution < 1.29 is 19.8 Å². The largest absolute Gasteiger partial charge is 0.507 e. The lowest BCUT2D eigenvalue weighted by Gasteiger charge is -2.11. The van der Waals surface area contributed by atoms with E-state index in [0.717, 1.165) is 3.57 Å². The van der Waals surface area contributed by atoms with Crippen LogP contribution in [-0.2, 0) is 0 Å². The zero-order valence-electron chi connectivity index (χ0n) is 10.4. The maximum atomic E-state index is 12.2. The first-order valence-electron chi connectivity index (χ1n) is 5.72. The fourth-order valence-electron chi connectivity index (χ4n) is 1.70. The Balaban J connectivity index is 2.41. The molecule has 0 saturated carbocycles. The van der Waals surface area contributed by atoms with Crippen molar-refractivity contribution in [3.05, 3.63) is 56.1 Å². The van der Waals surface area contributed by atoms with E-state index in [0.29, 0.717) is 0 Å². The van der Waals surface area contributed by atoms with Crippen molar-refractivity contribution in [3.63, 3.8) is 0 Å². The SMILES string of the molecule is O=C(Nc1c(Cl)cccc1C(=O)O)c1cc(I)ccc1O. The second kappa shape index (κ2) is 6.31. The number of aromatic hydroxyl groups is 1. The summed E-state index contributed by atoms with van der Waals surface area (Å²) < 4.78 is 0.758. The van der Waals surface area contributed by atoms with Crippen LogP contribution in [-0.4, -0.2) is 22.1 Å². The lowest BCUT2D eigenvalue weighted by molar-refractivity contribution is 0.0698. The predicted molar refractivity (Wildman–Crippen MR) is 87.2 cm³/mol. The number of nitrogens with one attached hydrogen (secondary N) is 1. The number of para-hydroxylation sites is 1. The predicted octanol–water partition coefficient (Wildman–Crippen LogP) is 3.60. The summed E-state index contributed by atoms with van der Waals surface area (Å²) in [6, 6.07) is 8.80. The quantitative estimate of drug-likeness (QED) is 0.666. The molecule has 0 unspecified atom stereocenters. The highest BCUT2D eigenvalue weighted by Gasteiger charge is 2.18. The number of carbonyl (C=O) groups is 2. The van der Waals surface area contributed by atoms with E-state index in [2.05, 4.69) is 5.32 Å². The molecular weight excluding hydrogens is 409 g/mol. The highest BCUT2D eigenvalue weighted by Crippen LogP contribution is 2.28. The van der Waals surface area contributed by atoms with E-state index in [1.54, 1.807) is 6.07 Å². The van der Waals surface area contributed by atoms with Crippen molar-refractivity contribution >= 4 is 51.8 Å². The van der Waals surface area contributed by atoms with Crippen molar-refractivity contribution in [2.45, 2.75) is 0 Å². The van der Waals surface area contributed by atoms with Crippen LogP contribution in [0.25, 0.3) is 0 Å². The minimum absolute atomic E-state index is 0.00470. The van der Waals surface area contributed by atoms with E-state index < -0.39 is 11.9 Å². The molecule has 0 fully saturated rings. The summed E-state index contributed by atoms with van der Waals surface area (Å²) in [7, 11) is 0. The lowest BCUT2D eigenvalue weighted by atomic mass is 10.1. The molecule has 0 aliphatic heterocycles. The van der Waals surface area contributed by atoms with Crippen LogP contribution >= 0.6 is 34.2 Å². The number of amides is 1. The van der Waals surface area contributed by atoms with Gasteiger partial charge >= 0.3 is 5.97 Å². The molecule has 0 aliphatic carbocycles. The van der Waals surface area contributed by atoms with Gasteiger partial charge in [-0.2, -0.15) is 0 Å². The van der Waals surface area contributed by atoms with Gasteiger partial charge in [0.05, 0.1) is 21.8 Å². The number of halogens is 2. The molecule has 21 heavy (non-hydrogen) atoms. The van der Waals surface area contributed by atoms with Crippen LogP contribution in [0.3, 0.4) is 0 Å². The monoisotopic (exact) mass is 417 g/mol. The summed E-state index contributed by atoms with van der Waals surface area (Å²) in [6.45, 7) is 0. The van der Waals surface area contributed by atoms with Gasteiger partial charge in [-0.15, -0.1) is 0 Å². The summed E-state index contributed by atoms with van der Waals surface area (Å²) in [5, 5.41) is 21.4. The Morgan fingerprint density at radius 3 is 2.52 bits per heavy atom. The molecule has 0 radical (unpaired) electrons. The van der Waals surface area contributed by atoms with Crippen molar-refractivity contribution in [2.24, 2.45) is 0 Å². The summed E-state index contributed by atoms with van der Waals surface area (Å²) in [6.07, 6.45) is 0. The van der Waals surface area contributed by atoms with E-state index in [9.17, 15) is 14.7 Å². The third-order valence-corrected chi connectivity index (χ3v) is 3.67. The Kier molecular flexibility index (Phi) is 4.69. The molecule has 1 amide bonds. The summed E-state index contributed by atoms with van der Waals surface area (Å²) in [5.41, 5.74) is -0.0888. The molecule has 2 aromatic rings. The van der Waals surface area contributed by atoms with Crippen LogP contribution in [0.15, 0.2) is 36.4 Å². The smallest absolute Gasteiger partial charge is 0.337 e. The third kappa shape index (κ3) is 3.45. The zero-order valence-corrected chi connectivity index (χ0v) is 13.3. The number of benzene rings is 2. The zero-order chi connectivity index (χ0) is 15.6. The Morgan fingerprint density at radius 2 is 1.86 bits per heavy atom. The standard InChI is InChI=1S/C14H9ClINO4/c15-10-3-1-2-8(14(20)21)12(10)17-13(19)9-6-7(16)4-5-11(9)18/h1-6,18H,(H,17,19)(H,20,21). The molecule has 0 spiro atoms. The van der Waals surface area contributed by atoms with Crippen molar-refractivity contribution in [1.29, 1.82) is 0 Å². The summed E-state index contributed by atoms with van der Waals surface area (Å²) >= 11 is 7.93. The average molecular weight is 418 g/mol. The highest BCUT2D eigenvalue weighted by molar-refractivity contribution is 14.1. The van der Waals surface area contributed by atoms with Gasteiger partial charge in [0.2, 0.25) is 0 Å². The number of anilines is 1. The summed E-state index contributed by atoms with van der Waals surface area (Å²) in [5.74, 6) is -2.04. The Bertz CT molecular complexity index is 733. The molecular formula is C14H9ClINO4. The fourth-order valence-corrected chi connectivity index (χ4v) is 2.41. The van der Waals surface area contributed by atoms with Crippen LogP contribution in [0.5, 0.6) is 5.75 Å². The lowest BCUT2D eigenvalue weighted by Crippen LogP contribution is -2.15. The minimum Gasteiger partial charge on any atom is -0.507 e. The highest BCUT2D eigenvalue weighted by atomic mass is 127. The van der Waals surface area contributed by atoms with E-state index in [1.807, 2.05) is 22.6 Å². The molecule has 108 valence electrons. The molecule has 0 aromatic heterocycles. The van der Waals surface area contributed by atoms with Gasteiger partial charge in [0.15, 0.2) is 0 Å².